The Kier molecular flexibility index (Phi) is 6.97. The number of sulfone groups is 1. The molecule has 0 saturated heterocycles. The van der Waals surface area contributed by atoms with Gasteiger partial charge < -0.3 is 0 Å². The molecule has 0 amide bonds. The Bertz CT molecular complexity index is 282. The lowest BCUT2D eigenvalue weighted by Crippen LogP contribution is -2.19. The molecule has 0 heterocycles. The molecule has 0 aromatic carbocycles. The summed E-state index contributed by atoms with van der Waals surface area (Å²) in [6.45, 7) is 12.7. The highest BCUT2D eigenvalue weighted by Gasteiger charge is 2.17. The smallest absolute Gasteiger partial charge is 0.151 e. The van der Waals surface area contributed by atoms with Gasteiger partial charge in [0.05, 0.1) is 11.5 Å². The standard InChI is InChI=1S/C12H26O2S3/c1-11(2,3)15-7-9-17(13,14)10-8-16-12(4,5)6/h7-10H2,1-6H3. The zero-order valence-corrected chi connectivity index (χ0v) is 14.3. The van der Waals surface area contributed by atoms with E-state index in [1.165, 1.54) is 0 Å². The van der Waals surface area contributed by atoms with Gasteiger partial charge in [-0.3, -0.25) is 0 Å². The lowest BCUT2D eigenvalue weighted by molar-refractivity contribution is 0.599. The van der Waals surface area contributed by atoms with Crippen LogP contribution in [-0.2, 0) is 9.84 Å². The Labute approximate surface area is 116 Å². The van der Waals surface area contributed by atoms with E-state index >= 15 is 0 Å². The predicted octanol–water partition coefficient (Wildman–Crippen LogP) is 3.46. The normalized spacial score (nSPS) is 14.0. The monoisotopic (exact) mass is 298 g/mol. The second-order valence-electron chi connectivity index (χ2n) is 6.07. The van der Waals surface area contributed by atoms with Crippen LogP contribution in [0.4, 0.5) is 0 Å². The van der Waals surface area contributed by atoms with Crippen molar-refractivity contribution in [3.63, 3.8) is 0 Å². The van der Waals surface area contributed by atoms with E-state index in [-0.39, 0.29) is 9.49 Å². The van der Waals surface area contributed by atoms with Gasteiger partial charge in [0.25, 0.3) is 0 Å². The van der Waals surface area contributed by atoms with Gasteiger partial charge in [-0.1, -0.05) is 41.5 Å². The van der Waals surface area contributed by atoms with Gasteiger partial charge in [-0.25, -0.2) is 8.42 Å². The second-order valence-corrected chi connectivity index (χ2v) is 12.2. The average Bonchev–Trinajstić information content (AvgIpc) is 1.96. The first-order valence-electron chi connectivity index (χ1n) is 5.90. The molecule has 0 N–H and O–H groups in total. The van der Waals surface area contributed by atoms with Gasteiger partial charge >= 0.3 is 0 Å². The Morgan fingerprint density at radius 3 is 1.29 bits per heavy atom. The van der Waals surface area contributed by atoms with Crippen LogP contribution in [0.25, 0.3) is 0 Å². The number of thioether (sulfide) groups is 2. The second kappa shape index (κ2) is 6.71. The van der Waals surface area contributed by atoms with Gasteiger partial charge in [-0.05, 0) is 0 Å². The molecule has 0 atom stereocenters. The molecule has 0 aliphatic heterocycles. The summed E-state index contributed by atoms with van der Waals surface area (Å²) < 4.78 is 23.8. The van der Waals surface area contributed by atoms with Crippen LogP contribution < -0.4 is 0 Å². The van der Waals surface area contributed by atoms with Crippen LogP contribution in [0.3, 0.4) is 0 Å². The number of hydrogen-bond donors (Lipinski definition) is 0. The van der Waals surface area contributed by atoms with Crippen LogP contribution in [-0.4, -0.2) is 40.9 Å². The van der Waals surface area contributed by atoms with Gasteiger partial charge in [-0.2, -0.15) is 23.5 Å². The Balaban J connectivity index is 3.90. The molecule has 2 nitrogen and oxygen atoms in total. The molecule has 0 fully saturated rings. The summed E-state index contributed by atoms with van der Waals surface area (Å²) in [5.41, 5.74) is 0. The third-order valence-corrected chi connectivity index (χ3v) is 6.58. The fraction of sp³-hybridized carbons (Fsp3) is 1.00. The van der Waals surface area contributed by atoms with E-state index in [0.717, 1.165) is 0 Å². The minimum Gasteiger partial charge on any atom is -0.229 e. The van der Waals surface area contributed by atoms with Crippen molar-refractivity contribution in [3.8, 4) is 0 Å². The summed E-state index contributed by atoms with van der Waals surface area (Å²) in [5.74, 6) is 2.01. The summed E-state index contributed by atoms with van der Waals surface area (Å²) >= 11 is 3.43. The Morgan fingerprint density at radius 2 is 1.06 bits per heavy atom. The van der Waals surface area contributed by atoms with E-state index in [1.54, 1.807) is 23.5 Å². The highest BCUT2D eigenvalue weighted by atomic mass is 32.2. The number of rotatable bonds is 6. The van der Waals surface area contributed by atoms with Gasteiger partial charge in [0, 0.05) is 21.0 Å². The van der Waals surface area contributed by atoms with Crippen LogP contribution in [0.5, 0.6) is 0 Å². The van der Waals surface area contributed by atoms with Gasteiger partial charge in [0.2, 0.25) is 0 Å². The molecule has 0 aromatic heterocycles. The SMILES string of the molecule is CC(C)(C)SCCS(=O)(=O)CCSC(C)(C)C. The molecule has 0 rings (SSSR count). The maximum absolute atomic E-state index is 11.8. The van der Waals surface area contributed by atoms with Crippen molar-refractivity contribution in [1.82, 2.24) is 0 Å². The Hall–Kier alpha value is 0.650. The number of hydrogen-bond acceptors (Lipinski definition) is 4. The van der Waals surface area contributed by atoms with E-state index in [1.807, 2.05) is 0 Å². The molecular weight excluding hydrogens is 272 g/mol. The van der Waals surface area contributed by atoms with Crippen LogP contribution in [0.1, 0.15) is 41.5 Å². The zero-order chi connectivity index (χ0) is 13.7. The maximum Gasteiger partial charge on any atom is 0.151 e. The van der Waals surface area contributed by atoms with E-state index in [0.29, 0.717) is 23.0 Å². The third kappa shape index (κ3) is 12.9. The first-order chi connectivity index (χ1) is 7.41. The van der Waals surface area contributed by atoms with Crippen molar-refractivity contribution in [1.29, 1.82) is 0 Å². The summed E-state index contributed by atoms with van der Waals surface area (Å²) in [6, 6.07) is 0. The average molecular weight is 299 g/mol. The van der Waals surface area contributed by atoms with Crippen LogP contribution >= 0.6 is 23.5 Å². The summed E-state index contributed by atoms with van der Waals surface area (Å²) in [6.07, 6.45) is 0. The van der Waals surface area contributed by atoms with Crippen molar-refractivity contribution in [2.45, 2.75) is 51.0 Å². The van der Waals surface area contributed by atoms with Crippen LogP contribution in [0.15, 0.2) is 0 Å². The van der Waals surface area contributed by atoms with Crippen molar-refractivity contribution in [3.05, 3.63) is 0 Å². The van der Waals surface area contributed by atoms with Crippen molar-refractivity contribution < 1.29 is 8.42 Å². The van der Waals surface area contributed by atoms with E-state index in [4.69, 9.17) is 0 Å². The van der Waals surface area contributed by atoms with Crippen LogP contribution in [0.2, 0.25) is 0 Å². The molecule has 17 heavy (non-hydrogen) atoms. The molecule has 0 bridgehead atoms. The summed E-state index contributed by atoms with van der Waals surface area (Å²) in [7, 11) is -2.87. The predicted molar refractivity (Wildman–Crippen MR) is 83.1 cm³/mol. The molecule has 0 saturated carbocycles. The van der Waals surface area contributed by atoms with Gasteiger partial charge in [0.15, 0.2) is 9.84 Å². The van der Waals surface area contributed by atoms with E-state index in [2.05, 4.69) is 41.5 Å². The minimum absolute atomic E-state index is 0.148. The molecule has 0 aliphatic carbocycles. The molecular formula is C12H26O2S3. The van der Waals surface area contributed by atoms with Gasteiger partial charge in [-0.15, -0.1) is 0 Å². The van der Waals surface area contributed by atoms with Gasteiger partial charge in [0.1, 0.15) is 0 Å². The first kappa shape index (κ1) is 17.6. The van der Waals surface area contributed by atoms with Crippen molar-refractivity contribution in [2.75, 3.05) is 23.0 Å². The van der Waals surface area contributed by atoms with E-state index in [9.17, 15) is 8.42 Å². The maximum atomic E-state index is 11.8. The fourth-order valence-electron chi connectivity index (χ4n) is 1.05. The summed E-state index contributed by atoms with van der Waals surface area (Å²) in [5, 5.41) is 0. The zero-order valence-electron chi connectivity index (χ0n) is 11.9. The largest absolute Gasteiger partial charge is 0.229 e. The third-order valence-electron chi connectivity index (χ3n) is 1.86. The van der Waals surface area contributed by atoms with Crippen LogP contribution in [0, 0.1) is 0 Å². The molecule has 0 unspecified atom stereocenters. The molecule has 0 radical (unpaired) electrons. The summed E-state index contributed by atoms with van der Waals surface area (Å²) in [4.78, 5) is 0. The van der Waals surface area contributed by atoms with E-state index < -0.39 is 9.84 Å². The minimum atomic E-state index is -2.87. The molecule has 0 aliphatic rings. The van der Waals surface area contributed by atoms with Crippen molar-refractivity contribution >= 4 is 33.4 Å². The first-order valence-corrected chi connectivity index (χ1v) is 9.69. The van der Waals surface area contributed by atoms with Crippen molar-refractivity contribution in [2.24, 2.45) is 0 Å². The molecule has 104 valence electrons. The topological polar surface area (TPSA) is 34.1 Å². The quantitative estimate of drug-likeness (QED) is 0.752. The fourth-order valence-corrected chi connectivity index (χ4v) is 5.18. The molecule has 0 aromatic rings. The molecule has 0 spiro atoms. The highest BCUT2D eigenvalue weighted by Crippen LogP contribution is 2.24. The molecule has 5 heteroatoms. The lowest BCUT2D eigenvalue weighted by Gasteiger charge is -2.18. The Morgan fingerprint density at radius 1 is 0.765 bits per heavy atom. The highest BCUT2D eigenvalue weighted by molar-refractivity contribution is 8.03. The lowest BCUT2D eigenvalue weighted by atomic mass is 10.3.